The third kappa shape index (κ3) is 2.23. The third-order valence-electron chi connectivity index (χ3n) is 7.36. The Balaban J connectivity index is 1.75. The number of carbonyl (C=O) groups is 1. The Morgan fingerprint density at radius 2 is 2.15 bits per heavy atom. The Bertz CT molecular complexity index is 794. The van der Waals surface area contributed by atoms with Gasteiger partial charge in [0.1, 0.15) is 5.75 Å². The topological polar surface area (TPSA) is 66.8 Å². The summed E-state index contributed by atoms with van der Waals surface area (Å²) in [6, 6.07) is 5.50. The summed E-state index contributed by atoms with van der Waals surface area (Å²) in [4.78, 5) is 11.7. The number of fused-ring (bicyclic) bond motifs is 5. The lowest BCUT2D eigenvalue weighted by Gasteiger charge is -2.54. The van der Waals surface area contributed by atoms with Gasteiger partial charge in [0.25, 0.3) is 0 Å². The van der Waals surface area contributed by atoms with Gasteiger partial charge in [-0.3, -0.25) is 4.79 Å². The lowest BCUT2D eigenvalue weighted by atomic mass is 9.52. The number of phenolic OH excluding ortho intramolecular Hbond substituents is 1. The summed E-state index contributed by atoms with van der Waals surface area (Å²) in [5.74, 6) is 3.41. The minimum Gasteiger partial charge on any atom is -0.508 e. The monoisotopic (exact) mass is 354 g/mol. The molecule has 0 radical (unpaired) electrons. The van der Waals surface area contributed by atoms with Crippen LogP contribution in [-0.4, -0.2) is 27.9 Å². The highest BCUT2D eigenvalue weighted by atomic mass is 16.6. The zero-order valence-electron chi connectivity index (χ0n) is 15.4. The standard InChI is InChI=1S/C22H26O4/c1-4-22(26-13(2)23)10-9-18-17-7-5-14-11-15(24)6-8-16(14)20(17)19(25)12-21(18,22)3/h1,6,8,11,17-20,24-25H,5,7,9-10,12H2,2-3H3/t17-,18+,19-,20-,21-,22-/m0/s1. The van der Waals surface area contributed by atoms with E-state index in [9.17, 15) is 15.0 Å². The van der Waals surface area contributed by atoms with Crippen molar-refractivity contribution in [2.75, 3.05) is 0 Å². The maximum Gasteiger partial charge on any atom is 0.304 e. The molecule has 1 aromatic carbocycles. The molecule has 4 heteroatoms. The molecule has 0 aromatic heterocycles. The van der Waals surface area contributed by atoms with Gasteiger partial charge < -0.3 is 14.9 Å². The van der Waals surface area contributed by atoms with Crippen LogP contribution in [0.1, 0.15) is 56.6 Å². The predicted molar refractivity (Wildman–Crippen MR) is 97.4 cm³/mol. The van der Waals surface area contributed by atoms with E-state index in [4.69, 9.17) is 11.2 Å². The first-order valence-electron chi connectivity index (χ1n) is 9.48. The number of terminal acetylenes is 1. The molecular weight excluding hydrogens is 328 g/mol. The van der Waals surface area contributed by atoms with Crippen LogP contribution in [0.5, 0.6) is 5.75 Å². The largest absolute Gasteiger partial charge is 0.508 e. The summed E-state index contributed by atoms with van der Waals surface area (Å²) in [5.41, 5.74) is 0.946. The average molecular weight is 354 g/mol. The molecule has 0 amide bonds. The van der Waals surface area contributed by atoms with Crippen molar-refractivity contribution < 1.29 is 19.7 Å². The first-order chi connectivity index (χ1) is 12.3. The van der Waals surface area contributed by atoms with E-state index < -0.39 is 17.1 Å². The Morgan fingerprint density at radius 1 is 1.38 bits per heavy atom. The molecule has 0 saturated heterocycles. The van der Waals surface area contributed by atoms with Gasteiger partial charge in [0, 0.05) is 18.3 Å². The summed E-state index contributed by atoms with van der Waals surface area (Å²) < 4.78 is 5.71. The highest BCUT2D eigenvalue weighted by Gasteiger charge is 2.65. The molecule has 3 aliphatic rings. The number of esters is 1. The van der Waals surface area contributed by atoms with Gasteiger partial charge in [-0.1, -0.05) is 18.9 Å². The van der Waals surface area contributed by atoms with Crippen molar-refractivity contribution in [3.63, 3.8) is 0 Å². The van der Waals surface area contributed by atoms with E-state index in [0.717, 1.165) is 30.4 Å². The van der Waals surface area contributed by atoms with Crippen molar-refractivity contribution in [1.29, 1.82) is 0 Å². The Morgan fingerprint density at radius 3 is 2.85 bits per heavy atom. The van der Waals surface area contributed by atoms with Crippen molar-refractivity contribution in [2.45, 2.75) is 63.6 Å². The molecule has 0 spiro atoms. The van der Waals surface area contributed by atoms with E-state index in [2.05, 4.69) is 12.8 Å². The fourth-order valence-corrected chi connectivity index (χ4v) is 6.32. The summed E-state index contributed by atoms with van der Waals surface area (Å²) in [7, 11) is 0. The zero-order valence-corrected chi connectivity index (χ0v) is 15.4. The van der Waals surface area contributed by atoms with Gasteiger partial charge >= 0.3 is 5.97 Å². The van der Waals surface area contributed by atoms with Crippen LogP contribution in [0.2, 0.25) is 0 Å². The van der Waals surface area contributed by atoms with Crippen LogP contribution in [0.3, 0.4) is 0 Å². The SMILES string of the molecule is C#C[C@]1(OC(C)=O)CC[C@@H]2[C@@H]3CCc4cc(O)ccc4[C@@H]3[C@@H](O)C[C@@]21C. The van der Waals surface area contributed by atoms with E-state index in [1.54, 1.807) is 6.07 Å². The molecule has 0 unspecified atom stereocenters. The lowest BCUT2D eigenvalue weighted by molar-refractivity contribution is -0.171. The van der Waals surface area contributed by atoms with E-state index in [-0.39, 0.29) is 17.6 Å². The minimum atomic E-state index is -0.926. The van der Waals surface area contributed by atoms with Gasteiger partial charge in [-0.05, 0) is 67.2 Å². The Kier molecular flexibility index (Phi) is 3.86. The maximum absolute atomic E-state index is 11.7. The number of aliphatic hydroxyl groups is 1. The zero-order chi connectivity index (χ0) is 18.7. The molecule has 2 saturated carbocycles. The number of aliphatic hydroxyl groups excluding tert-OH is 1. The molecule has 0 bridgehead atoms. The summed E-state index contributed by atoms with van der Waals surface area (Å²) in [5, 5.41) is 20.9. The molecule has 0 aliphatic heterocycles. The van der Waals surface area contributed by atoms with E-state index >= 15 is 0 Å². The second-order valence-electron chi connectivity index (χ2n) is 8.51. The van der Waals surface area contributed by atoms with Gasteiger partial charge in [0.2, 0.25) is 0 Å². The Labute approximate surface area is 154 Å². The maximum atomic E-state index is 11.7. The average Bonchev–Trinajstić information content (AvgIpc) is 2.86. The number of hydrogen-bond acceptors (Lipinski definition) is 4. The van der Waals surface area contributed by atoms with Gasteiger partial charge in [-0.25, -0.2) is 0 Å². The van der Waals surface area contributed by atoms with E-state index in [0.29, 0.717) is 24.7 Å². The minimum absolute atomic E-state index is 0.0586. The van der Waals surface area contributed by atoms with Crippen LogP contribution < -0.4 is 0 Å². The van der Waals surface area contributed by atoms with Crippen molar-refractivity contribution in [3.8, 4) is 18.1 Å². The van der Waals surface area contributed by atoms with Crippen molar-refractivity contribution in [1.82, 2.24) is 0 Å². The van der Waals surface area contributed by atoms with Crippen molar-refractivity contribution in [2.24, 2.45) is 17.3 Å². The van der Waals surface area contributed by atoms with E-state index in [1.165, 1.54) is 6.92 Å². The quantitative estimate of drug-likeness (QED) is 0.601. The van der Waals surface area contributed by atoms with Crippen LogP contribution in [0.15, 0.2) is 18.2 Å². The molecular formula is C22H26O4. The van der Waals surface area contributed by atoms with Gasteiger partial charge in [0.05, 0.1) is 6.10 Å². The van der Waals surface area contributed by atoms with Crippen molar-refractivity contribution in [3.05, 3.63) is 29.3 Å². The summed E-state index contributed by atoms with van der Waals surface area (Å²) in [6.07, 6.45) is 9.28. The third-order valence-corrected chi connectivity index (χ3v) is 7.36. The predicted octanol–water partition coefficient (Wildman–Crippen LogP) is 3.15. The second kappa shape index (κ2) is 5.76. The summed E-state index contributed by atoms with van der Waals surface area (Å²) >= 11 is 0. The smallest absolute Gasteiger partial charge is 0.304 e. The fourth-order valence-electron chi connectivity index (χ4n) is 6.32. The highest BCUT2D eigenvalue weighted by molar-refractivity contribution is 5.67. The van der Waals surface area contributed by atoms with Crippen LogP contribution in [-0.2, 0) is 16.0 Å². The molecule has 3 aliphatic carbocycles. The number of ether oxygens (including phenoxy) is 1. The van der Waals surface area contributed by atoms with Gasteiger partial charge in [-0.2, -0.15) is 0 Å². The molecule has 2 fully saturated rings. The van der Waals surface area contributed by atoms with Crippen LogP contribution in [0.4, 0.5) is 0 Å². The fraction of sp³-hybridized carbons (Fsp3) is 0.591. The molecule has 0 heterocycles. The van der Waals surface area contributed by atoms with Gasteiger partial charge in [0.15, 0.2) is 5.60 Å². The first-order valence-corrected chi connectivity index (χ1v) is 9.48. The highest BCUT2D eigenvalue weighted by Crippen LogP contribution is 2.65. The van der Waals surface area contributed by atoms with Crippen LogP contribution >= 0.6 is 0 Å². The van der Waals surface area contributed by atoms with Crippen molar-refractivity contribution >= 4 is 5.97 Å². The number of hydrogen-bond donors (Lipinski definition) is 2. The molecule has 4 nitrogen and oxygen atoms in total. The first kappa shape index (κ1) is 17.4. The van der Waals surface area contributed by atoms with Crippen LogP contribution in [0.25, 0.3) is 0 Å². The van der Waals surface area contributed by atoms with Crippen LogP contribution in [0, 0.1) is 29.6 Å². The lowest BCUT2D eigenvalue weighted by Crippen LogP contribution is -2.55. The second-order valence-corrected chi connectivity index (χ2v) is 8.51. The number of phenols is 1. The number of carbonyl (C=O) groups excluding carboxylic acids is 1. The molecule has 2 N–H and O–H groups in total. The molecule has 1 aromatic rings. The van der Waals surface area contributed by atoms with E-state index in [1.807, 2.05) is 12.1 Å². The summed E-state index contributed by atoms with van der Waals surface area (Å²) in [6.45, 7) is 3.50. The molecule has 4 rings (SSSR count). The van der Waals surface area contributed by atoms with Gasteiger partial charge in [-0.15, -0.1) is 6.42 Å². The molecule has 26 heavy (non-hydrogen) atoms. The number of benzene rings is 1. The normalized spacial score (nSPS) is 40.7. The number of rotatable bonds is 1. The molecule has 138 valence electrons. The Hall–Kier alpha value is -1.99. The number of aromatic hydroxyl groups is 1. The number of aryl methyl sites for hydroxylation is 1. The molecule has 6 atom stereocenters.